The largest absolute Gasteiger partial charge is 0.378 e. The summed E-state index contributed by atoms with van der Waals surface area (Å²) in [4.78, 5) is 6.17. The maximum Gasteiger partial charge on any atom is 0.216 e. The summed E-state index contributed by atoms with van der Waals surface area (Å²) in [5.74, 6) is 0.0452. The molecular weight excluding hydrogens is 405 g/mol. The standard InChI is InChI=1S/C22H18FN3O3S/c23-18-5-7-19(8-6-18)30(27,28)20(15-24)14-17-13-16-3-1-2-4-21(16)25-22(17)26-9-11-29-12-10-26/h1-8,13-14H,9-12H2/b20-14+. The lowest BCUT2D eigenvalue weighted by Crippen LogP contribution is -2.37. The van der Waals surface area contributed by atoms with Crippen molar-refractivity contribution in [3.63, 3.8) is 0 Å². The number of sulfone groups is 1. The number of allylic oxidation sites excluding steroid dienone is 1. The van der Waals surface area contributed by atoms with Gasteiger partial charge in [-0.2, -0.15) is 5.26 Å². The highest BCUT2D eigenvalue weighted by Crippen LogP contribution is 2.29. The molecule has 0 spiro atoms. The van der Waals surface area contributed by atoms with E-state index in [9.17, 15) is 18.1 Å². The van der Waals surface area contributed by atoms with Gasteiger partial charge in [-0.3, -0.25) is 0 Å². The van der Waals surface area contributed by atoms with Gasteiger partial charge < -0.3 is 9.64 Å². The molecule has 30 heavy (non-hydrogen) atoms. The van der Waals surface area contributed by atoms with E-state index in [0.717, 1.165) is 35.2 Å². The minimum absolute atomic E-state index is 0.140. The molecule has 0 N–H and O–H groups in total. The Labute approximate surface area is 173 Å². The van der Waals surface area contributed by atoms with Gasteiger partial charge >= 0.3 is 0 Å². The van der Waals surface area contributed by atoms with Crippen molar-refractivity contribution in [2.45, 2.75) is 4.90 Å². The quantitative estimate of drug-likeness (QED) is 0.471. The number of pyridine rings is 1. The molecule has 152 valence electrons. The summed E-state index contributed by atoms with van der Waals surface area (Å²) >= 11 is 0. The van der Waals surface area contributed by atoms with Crippen LogP contribution in [-0.4, -0.2) is 39.7 Å². The number of anilines is 1. The SMILES string of the molecule is N#C/C(=C\c1cc2ccccc2nc1N1CCOCC1)S(=O)(=O)c1ccc(F)cc1. The van der Waals surface area contributed by atoms with Crippen LogP contribution < -0.4 is 4.90 Å². The van der Waals surface area contributed by atoms with Crippen LogP contribution in [-0.2, 0) is 14.6 Å². The smallest absolute Gasteiger partial charge is 0.216 e. The Morgan fingerprint density at radius 1 is 1.13 bits per heavy atom. The number of benzene rings is 2. The van der Waals surface area contributed by atoms with Gasteiger partial charge in [0.05, 0.1) is 23.6 Å². The first-order chi connectivity index (χ1) is 14.5. The van der Waals surface area contributed by atoms with Gasteiger partial charge in [-0.25, -0.2) is 17.8 Å². The second-order valence-electron chi connectivity index (χ2n) is 6.77. The van der Waals surface area contributed by atoms with Gasteiger partial charge in [0.15, 0.2) is 0 Å². The molecule has 0 unspecified atom stereocenters. The molecule has 0 amide bonds. The average Bonchev–Trinajstić information content (AvgIpc) is 2.77. The zero-order valence-electron chi connectivity index (χ0n) is 16.0. The van der Waals surface area contributed by atoms with Crippen molar-refractivity contribution in [1.82, 2.24) is 4.98 Å². The minimum atomic E-state index is -4.10. The molecule has 0 saturated carbocycles. The number of hydrogen-bond donors (Lipinski definition) is 0. The van der Waals surface area contributed by atoms with Crippen LogP contribution in [0.25, 0.3) is 17.0 Å². The summed E-state index contributed by atoms with van der Waals surface area (Å²) in [5, 5.41) is 10.5. The van der Waals surface area contributed by atoms with Crippen LogP contribution in [0.4, 0.5) is 10.2 Å². The van der Waals surface area contributed by atoms with Gasteiger partial charge in [-0.15, -0.1) is 0 Å². The average molecular weight is 423 g/mol. The molecule has 1 fully saturated rings. The number of halogens is 1. The predicted molar refractivity (Wildman–Crippen MR) is 112 cm³/mol. The minimum Gasteiger partial charge on any atom is -0.378 e. The molecule has 2 heterocycles. The molecular formula is C22H18FN3O3S. The Morgan fingerprint density at radius 3 is 2.53 bits per heavy atom. The third-order valence-electron chi connectivity index (χ3n) is 4.85. The van der Waals surface area contributed by atoms with E-state index in [4.69, 9.17) is 9.72 Å². The molecule has 4 rings (SSSR count). The third-order valence-corrected chi connectivity index (χ3v) is 6.53. The number of nitrogens with zero attached hydrogens (tertiary/aromatic N) is 3. The number of morpholine rings is 1. The number of rotatable bonds is 4. The van der Waals surface area contributed by atoms with Crippen molar-refractivity contribution in [3.8, 4) is 6.07 Å². The fourth-order valence-corrected chi connectivity index (χ4v) is 4.46. The van der Waals surface area contributed by atoms with Crippen molar-refractivity contribution < 1.29 is 17.5 Å². The second-order valence-corrected chi connectivity index (χ2v) is 8.69. The number of para-hydroxylation sites is 1. The summed E-state index contributed by atoms with van der Waals surface area (Å²) in [5.41, 5.74) is 1.30. The third kappa shape index (κ3) is 3.90. The van der Waals surface area contributed by atoms with E-state index in [0.29, 0.717) is 37.7 Å². The Balaban J connectivity index is 1.86. The topological polar surface area (TPSA) is 83.3 Å². The van der Waals surface area contributed by atoms with Crippen molar-refractivity contribution >= 4 is 32.6 Å². The summed E-state index contributed by atoms with van der Waals surface area (Å²) in [7, 11) is -4.10. The molecule has 1 saturated heterocycles. The lowest BCUT2D eigenvalue weighted by molar-refractivity contribution is 0.122. The highest BCUT2D eigenvalue weighted by atomic mass is 32.2. The van der Waals surface area contributed by atoms with E-state index in [1.54, 1.807) is 6.07 Å². The van der Waals surface area contributed by atoms with Crippen LogP contribution in [0.3, 0.4) is 0 Å². The van der Waals surface area contributed by atoms with Crippen LogP contribution in [0, 0.1) is 17.1 Å². The Morgan fingerprint density at radius 2 is 1.83 bits per heavy atom. The van der Waals surface area contributed by atoms with Gasteiger partial charge in [0, 0.05) is 24.0 Å². The van der Waals surface area contributed by atoms with Gasteiger partial charge in [-0.1, -0.05) is 18.2 Å². The summed E-state index contributed by atoms with van der Waals surface area (Å²) < 4.78 is 44.5. The molecule has 0 radical (unpaired) electrons. The van der Waals surface area contributed by atoms with Crippen molar-refractivity contribution in [2.75, 3.05) is 31.2 Å². The first-order valence-corrected chi connectivity index (χ1v) is 10.8. The highest BCUT2D eigenvalue weighted by Gasteiger charge is 2.23. The normalized spacial score (nSPS) is 15.2. The molecule has 1 aliphatic rings. The highest BCUT2D eigenvalue weighted by molar-refractivity contribution is 7.95. The fraction of sp³-hybridized carbons (Fsp3) is 0.182. The van der Waals surface area contributed by atoms with Gasteiger partial charge in [0.25, 0.3) is 0 Å². The van der Waals surface area contributed by atoms with Crippen LogP contribution >= 0.6 is 0 Å². The number of aromatic nitrogens is 1. The summed E-state index contributed by atoms with van der Waals surface area (Å²) in [6, 6.07) is 15.5. The van der Waals surface area contributed by atoms with Crippen LogP contribution in [0.5, 0.6) is 0 Å². The number of ether oxygens (including phenoxy) is 1. The van der Waals surface area contributed by atoms with Crippen molar-refractivity contribution in [3.05, 3.63) is 70.9 Å². The molecule has 2 aromatic carbocycles. The number of hydrogen-bond acceptors (Lipinski definition) is 6. The maximum atomic E-state index is 13.2. The van der Waals surface area contributed by atoms with Crippen LogP contribution in [0.2, 0.25) is 0 Å². The van der Waals surface area contributed by atoms with Crippen molar-refractivity contribution in [2.24, 2.45) is 0 Å². The molecule has 1 aromatic heterocycles. The molecule has 0 aliphatic carbocycles. The number of nitriles is 1. The summed E-state index contributed by atoms with van der Waals surface area (Å²) in [6.45, 7) is 2.30. The number of fused-ring (bicyclic) bond motifs is 1. The molecule has 8 heteroatoms. The molecule has 0 bridgehead atoms. The Hall–Kier alpha value is -3.28. The molecule has 1 aliphatic heterocycles. The monoisotopic (exact) mass is 423 g/mol. The van der Waals surface area contributed by atoms with Gasteiger partial charge in [-0.05, 0) is 42.5 Å². The van der Waals surface area contributed by atoms with Crippen LogP contribution in [0.1, 0.15) is 5.56 Å². The fourth-order valence-electron chi connectivity index (χ4n) is 3.31. The Bertz CT molecular complexity index is 1260. The molecule has 3 aromatic rings. The van der Waals surface area contributed by atoms with Crippen LogP contribution in [0.15, 0.2) is 64.4 Å². The van der Waals surface area contributed by atoms with E-state index < -0.39 is 20.6 Å². The second kappa shape index (κ2) is 8.22. The summed E-state index contributed by atoms with van der Waals surface area (Å²) in [6.07, 6.45) is 1.34. The van der Waals surface area contributed by atoms with E-state index in [1.807, 2.05) is 35.2 Å². The zero-order valence-corrected chi connectivity index (χ0v) is 16.8. The first-order valence-electron chi connectivity index (χ1n) is 9.34. The van der Waals surface area contributed by atoms with Crippen molar-refractivity contribution in [1.29, 1.82) is 5.26 Å². The van der Waals surface area contributed by atoms with E-state index in [-0.39, 0.29) is 4.90 Å². The van der Waals surface area contributed by atoms with E-state index in [2.05, 4.69) is 0 Å². The maximum absolute atomic E-state index is 13.2. The predicted octanol–water partition coefficient (Wildman–Crippen LogP) is 3.55. The lowest BCUT2D eigenvalue weighted by atomic mass is 10.1. The van der Waals surface area contributed by atoms with Gasteiger partial charge in [0.1, 0.15) is 22.6 Å². The zero-order chi connectivity index (χ0) is 21.1. The molecule has 0 atom stereocenters. The van der Waals surface area contributed by atoms with Gasteiger partial charge in [0.2, 0.25) is 9.84 Å². The Kier molecular flexibility index (Phi) is 5.48. The van der Waals surface area contributed by atoms with E-state index in [1.165, 1.54) is 6.08 Å². The lowest BCUT2D eigenvalue weighted by Gasteiger charge is -2.29. The molecule has 6 nitrogen and oxygen atoms in total. The van der Waals surface area contributed by atoms with E-state index >= 15 is 0 Å². The first kappa shape index (κ1) is 20.0.